The summed E-state index contributed by atoms with van der Waals surface area (Å²) in [6.45, 7) is 9.51. The average molecular weight is 399 g/mol. The Labute approximate surface area is 142 Å². The minimum atomic E-state index is 0. The second-order valence-electron chi connectivity index (χ2n) is 5.82. The van der Waals surface area contributed by atoms with Crippen LogP contribution in [0, 0.1) is 5.41 Å². The summed E-state index contributed by atoms with van der Waals surface area (Å²) in [5.41, 5.74) is 0.319. The van der Waals surface area contributed by atoms with Crippen LogP contribution in [0.1, 0.15) is 52.9 Å². The van der Waals surface area contributed by atoms with Gasteiger partial charge >= 0.3 is 0 Å². The Hall–Kier alpha value is -0.0400. The molecule has 0 heterocycles. The van der Waals surface area contributed by atoms with Gasteiger partial charge in [-0.05, 0) is 18.3 Å². The number of ether oxygens (including phenoxy) is 1. The van der Waals surface area contributed by atoms with E-state index < -0.39 is 0 Å². The van der Waals surface area contributed by atoms with Crippen molar-refractivity contribution in [2.45, 2.75) is 52.9 Å². The highest BCUT2D eigenvalue weighted by molar-refractivity contribution is 14.0. The van der Waals surface area contributed by atoms with Gasteiger partial charge in [-0.15, -0.1) is 24.0 Å². The maximum absolute atomic E-state index is 5.03. The second kappa shape index (κ2) is 13.9. The molecule has 2 N–H and O–H groups in total. The topological polar surface area (TPSA) is 45.7 Å². The molecule has 0 amide bonds. The Balaban J connectivity index is 0. The zero-order valence-corrected chi connectivity index (χ0v) is 16.3. The first kappa shape index (κ1) is 22.2. The van der Waals surface area contributed by atoms with Gasteiger partial charge in [-0.2, -0.15) is 0 Å². The first-order valence-electron chi connectivity index (χ1n) is 7.49. The van der Waals surface area contributed by atoms with Gasteiger partial charge in [0.2, 0.25) is 0 Å². The number of rotatable bonds is 10. The van der Waals surface area contributed by atoms with Crippen molar-refractivity contribution in [2.24, 2.45) is 10.4 Å². The third kappa shape index (κ3) is 13.0. The normalized spacial score (nSPS) is 11.9. The first-order chi connectivity index (χ1) is 9.05. The molecule has 0 spiro atoms. The molecule has 0 saturated heterocycles. The molecule has 0 aliphatic heterocycles. The standard InChI is InChI=1S/C15H33N3O.HI/c1-6-7-8-10-15(2,3)13-18-14(16-4)17-11-9-12-19-5;/h6-13H2,1-5H3,(H2,16,17,18);1H. The van der Waals surface area contributed by atoms with Crippen molar-refractivity contribution in [1.29, 1.82) is 0 Å². The Morgan fingerprint density at radius 1 is 1.15 bits per heavy atom. The van der Waals surface area contributed by atoms with Crippen LogP contribution in [-0.4, -0.2) is 39.8 Å². The van der Waals surface area contributed by atoms with Gasteiger partial charge in [-0.1, -0.05) is 40.0 Å². The number of hydrogen-bond donors (Lipinski definition) is 2. The van der Waals surface area contributed by atoms with E-state index in [1.165, 1.54) is 25.7 Å². The lowest BCUT2D eigenvalue weighted by molar-refractivity contribution is 0.195. The summed E-state index contributed by atoms with van der Waals surface area (Å²) in [6, 6.07) is 0. The van der Waals surface area contributed by atoms with E-state index in [1.54, 1.807) is 7.11 Å². The quantitative estimate of drug-likeness (QED) is 0.256. The third-order valence-corrected chi connectivity index (χ3v) is 3.23. The van der Waals surface area contributed by atoms with Crippen molar-refractivity contribution in [3.8, 4) is 0 Å². The number of unbranched alkanes of at least 4 members (excludes halogenated alkanes) is 2. The predicted octanol–water partition coefficient (Wildman–Crippen LogP) is 3.41. The van der Waals surface area contributed by atoms with Crippen molar-refractivity contribution >= 4 is 29.9 Å². The highest BCUT2D eigenvalue weighted by Gasteiger charge is 2.17. The van der Waals surface area contributed by atoms with E-state index in [-0.39, 0.29) is 24.0 Å². The summed E-state index contributed by atoms with van der Waals surface area (Å²) in [6.07, 6.45) is 6.18. The minimum Gasteiger partial charge on any atom is -0.385 e. The maximum atomic E-state index is 5.03. The molecule has 0 saturated carbocycles. The van der Waals surface area contributed by atoms with Gasteiger partial charge in [-0.25, -0.2) is 0 Å². The Bertz CT molecular complexity index is 245. The van der Waals surface area contributed by atoms with E-state index in [0.29, 0.717) is 5.41 Å². The van der Waals surface area contributed by atoms with Crippen LogP contribution < -0.4 is 10.6 Å². The SMILES string of the molecule is CCCCCC(C)(C)CNC(=NC)NCCCOC.I. The smallest absolute Gasteiger partial charge is 0.190 e. The molecule has 0 radical (unpaired) electrons. The molecule has 0 aromatic heterocycles. The summed E-state index contributed by atoms with van der Waals surface area (Å²) < 4.78 is 5.03. The molecule has 0 aromatic carbocycles. The van der Waals surface area contributed by atoms with E-state index in [0.717, 1.165) is 32.1 Å². The van der Waals surface area contributed by atoms with Gasteiger partial charge in [-0.3, -0.25) is 4.99 Å². The van der Waals surface area contributed by atoms with E-state index in [1.807, 2.05) is 7.05 Å². The van der Waals surface area contributed by atoms with Crippen LogP contribution >= 0.6 is 24.0 Å². The molecule has 20 heavy (non-hydrogen) atoms. The monoisotopic (exact) mass is 399 g/mol. The van der Waals surface area contributed by atoms with Crippen molar-refractivity contribution in [2.75, 3.05) is 33.9 Å². The van der Waals surface area contributed by atoms with Gasteiger partial charge in [0.05, 0.1) is 0 Å². The summed E-state index contributed by atoms with van der Waals surface area (Å²) >= 11 is 0. The fraction of sp³-hybridized carbons (Fsp3) is 0.933. The molecule has 0 aromatic rings. The molecule has 0 aliphatic rings. The zero-order valence-electron chi connectivity index (χ0n) is 13.9. The molecule has 0 bridgehead atoms. The third-order valence-electron chi connectivity index (χ3n) is 3.23. The summed E-state index contributed by atoms with van der Waals surface area (Å²) in [5.74, 6) is 0.889. The molecule has 0 aliphatic carbocycles. The molecule has 0 unspecified atom stereocenters. The molecule has 122 valence electrons. The fourth-order valence-electron chi connectivity index (χ4n) is 1.91. The molecule has 4 nitrogen and oxygen atoms in total. The highest BCUT2D eigenvalue weighted by Crippen LogP contribution is 2.22. The lowest BCUT2D eigenvalue weighted by Crippen LogP contribution is -2.42. The van der Waals surface area contributed by atoms with Gasteiger partial charge in [0.25, 0.3) is 0 Å². The summed E-state index contributed by atoms with van der Waals surface area (Å²) in [5, 5.41) is 6.71. The fourth-order valence-corrected chi connectivity index (χ4v) is 1.91. The Morgan fingerprint density at radius 3 is 2.40 bits per heavy atom. The molecular formula is C15H34IN3O. The maximum Gasteiger partial charge on any atom is 0.190 e. The Morgan fingerprint density at radius 2 is 1.85 bits per heavy atom. The van der Waals surface area contributed by atoms with Crippen LogP contribution in [0.5, 0.6) is 0 Å². The summed E-state index contributed by atoms with van der Waals surface area (Å²) in [4.78, 5) is 4.24. The largest absolute Gasteiger partial charge is 0.385 e. The van der Waals surface area contributed by atoms with Crippen molar-refractivity contribution in [3.63, 3.8) is 0 Å². The van der Waals surface area contributed by atoms with Crippen LogP contribution in [0.3, 0.4) is 0 Å². The Kier molecular flexibility index (Phi) is 15.5. The number of methoxy groups -OCH3 is 1. The van der Waals surface area contributed by atoms with E-state index in [2.05, 4.69) is 36.4 Å². The van der Waals surface area contributed by atoms with Crippen molar-refractivity contribution in [3.05, 3.63) is 0 Å². The number of guanidine groups is 1. The van der Waals surface area contributed by atoms with Crippen molar-refractivity contribution in [1.82, 2.24) is 10.6 Å². The molecule has 0 rings (SSSR count). The van der Waals surface area contributed by atoms with E-state index >= 15 is 0 Å². The van der Waals surface area contributed by atoms with Crippen LogP contribution in [0.25, 0.3) is 0 Å². The first-order valence-corrected chi connectivity index (χ1v) is 7.49. The molecule has 0 atom stereocenters. The number of aliphatic imine (C=N–C) groups is 1. The number of nitrogens with zero attached hydrogens (tertiary/aromatic N) is 1. The van der Waals surface area contributed by atoms with Gasteiger partial charge in [0, 0.05) is 33.9 Å². The highest BCUT2D eigenvalue weighted by atomic mass is 127. The minimum absolute atomic E-state index is 0. The predicted molar refractivity (Wildman–Crippen MR) is 99.2 cm³/mol. The van der Waals surface area contributed by atoms with Crippen molar-refractivity contribution < 1.29 is 4.74 Å². The van der Waals surface area contributed by atoms with Crippen LogP contribution in [0.15, 0.2) is 4.99 Å². The van der Waals surface area contributed by atoms with Crippen LogP contribution in [-0.2, 0) is 4.74 Å². The second-order valence-corrected chi connectivity index (χ2v) is 5.82. The lowest BCUT2D eigenvalue weighted by atomic mass is 9.87. The molecular weight excluding hydrogens is 365 g/mol. The van der Waals surface area contributed by atoms with Crippen LogP contribution in [0.2, 0.25) is 0 Å². The zero-order chi connectivity index (χ0) is 14.6. The number of nitrogens with one attached hydrogen (secondary N) is 2. The van der Waals surface area contributed by atoms with Crippen LogP contribution in [0.4, 0.5) is 0 Å². The van der Waals surface area contributed by atoms with Gasteiger partial charge in [0.1, 0.15) is 0 Å². The van der Waals surface area contributed by atoms with Gasteiger partial charge in [0.15, 0.2) is 5.96 Å². The molecule has 0 fully saturated rings. The number of halogens is 1. The number of hydrogen-bond acceptors (Lipinski definition) is 2. The summed E-state index contributed by atoms with van der Waals surface area (Å²) in [7, 11) is 3.54. The average Bonchev–Trinajstić information content (AvgIpc) is 2.38. The van der Waals surface area contributed by atoms with E-state index in [9.17, 15) is 0 Å². The van der Waals surface area contributed by atoms with E-state index in [4.69, 9.17) is 4.74 Å². The van der Waals surface area contributed by atoms with Gasteiger partial charge < -0.3 is 15.4 Å². The molecule has 5 heteroatoms. The lowest BCUT2D eigenvalue weighted by Gasteiger charge is -2.26.